The first-order valence-electron chi connectivity index (χ1n) is 7.56. The van der Waals surface area contributed by atoms with E-state index in [1.165, 1.54) is 6.21 Å². The maximum absolute atomic E-state index is 12.2. The lowest BCUT2D eigenvalue weighted by molar-refractivity contribution is 0.0951. The quantitative estimate of drug-likeness (QED) is 0.476. The maximum atomic E-state index is 12.2. The molecule has 0 atom stereocenters. The molecule has 3 rings (SSSR count). The van der Waals surface area contributed by atoms with Gasteiger partial charge in [0.05, 0.1) is 6.21 Å². The number of nitrogens with one attached hydrogen (secondary N) is 3. The number of amides is 3. The number of benzene rings is 2. The summed E-state index contributed by atoms with van der Waals surface area (Å²) in [6.07, 6.45) is 1.51. The second kappa shape index (κ2) is 8.49. The zero-order valence-electron chi connectivity index (χ0n) is 13.4. The number of nitrogens with zero attached hydrogens (tertiary/aromatic N) is 3. The number of anilines is 2. The van der Waals surface area contributed by atoms with Crippen LogP contribution in [-0.2, 0) is 0 Å². The number of urea groups is 1. The van der Waals surface area contributed by atoms with Crippen LogP contribution in [0.2, 0.25) is 0 Å². The molecule has 0 aliphatic carbocycles. The summed E-state index contributed by atoms with van der Waals surface area (Å²) in [6, 6.07) is 17.7. The van der Waals surface area contributed by atoms with E-state index in [1.807, 2.05) is 36.4 Å². The van der Waals surface area contributed by atoms with Crippen LogP contribution in [0.3, 0.4) is 0 Å². The van der Waals surface area contributed by atoms with Gasteiger partial charge in [-0.3, -0.25) is 10.1 Å². The van der Waals surface area contributed by atoms with Crippen molar-refractivity contribution < 1.29 is 9.59 Å². The standard InChI is InChI=1S/C17H14N6O2S/c24-15(22-18-11-12-7-3-1-4-8-12)14-16(26-23-21-14)20-17(25)19-13-9-5-2-6-10-13/h1-11H,(H,22,24)(H2,19,20,25). The number of para-hydroxylation sites is 1. The Morgan fingerprint density at radius 2 is 1.65 bits per heavy atom. The van der Waals surface area contributed by atoms with E-state index < -0.39 is 11.9 Å². The van der Waals surface area contributed by atoms with E-state index in [9.17, 15) is 9.59 Å². The fourth-order valence-corrected chi connectivity index (χ4v) is 2.53. The Morgan fingerprint density at radius 3 is 2.38 bits per heavy atom. The van der Waals surface area contributed by atoms with E-state index in [2.05, 4.69) is 30.7 Å². The van der Waals surface area contributed by atoms with E-state index in [0.717, 1.165) is 17.1 Å². The van der Waals surface area contributed by atoms with Crippen LogP contribution in [0, 0.1) is 0 Å². The lowest BCUT2D eigenvalue weighted by Gasteiger charge is -2.06. The van der Waals surface area contributed by atoms with Crippen molar-refractivity contribution in [3.05, 3.63) is 71.9 Å². The zero-order chi connectivity index (χ0) is 18.2. The first-order valence-corrected chi connectivity index (χ1v) is 8.33. The summed E-state index contributed by atoms with van der Waals surface area (Å²) in [5, 5.41) is 13.0. The third-order valence-electron chi connectivity index (χ3n) is 3.14. The van der Waals surface area contributed by atoms with Crippen LogP contribution in [0.25, 0.3) is 0 Å². The first kappa shape index (κ1) is 17.2. The average molecular weight is 366 g/mol. The summed E-state index contributed by atoms with van der Waals surface area (Å²) in [6.45, 7) is 0. The van der Waals surface area contributed by atoms with Crippen molar-refractivity contribution in [3.8, 4) is 0 Å². The van der Waals surface area contributed by atoms with Crippen LogP contribution in [-0.4, -0.2) is 27.7 Å². The van der Waals surface area contributed by atoms with Gasteiger partial charge in [-0.15, -0.1) is 5.10 Å². The Hall–Kier alpha value is -3.59. The highest BCUT2D eigenvalue weighted by molar-refractivity contribution is 7.10. The van der Waals surface area contributed by atoms with Crippen molar-refractivity contribution >= 4 is 40.4 Å². The third-order valence-corrected chi connectivity index (χ3v) is 3.78. The Bertz CT molecular complexity index is 911. The number of hydrogen-bond acceptors (Lipinski definition) is 6. The minimum Gasteiger partial charge on any atom is -0.308 e. The lowest BCUT2D eigenvalue weighted by Crippen LogP contribution is -2.23. The number of aromatic nitrogens is 2. The highest BCUT2D eigenvalue weighted by Crippen LogP contribution is 2.18. The van der Waals surface area contributed by atoms with E-state index >= 15 is 0 Å². The fraction of sp³-hybridized carbons (Fsp3) is 0. The molecular weight excluding hydrogens is 352 g/mol. The van der Waals surface area contributed by atoms with Gasteiger partial charge in [0.15, 0.2) is 10.7 Å². The molecule has 0 bridgehead atoms. The van der Waals surface area contributed by atoms with Crippen molar-refractivity contribution in [2.45, 2.75) is 0 Å². The average Bonchev–Trinajstić information content (AvgIpc) is 3.11. The van der Waals surface area contributed by atoms with Gasteiger partial charge in [-0.05, 0) is 17.7 Å². The molecule has 0 radical (unpaired) electrons. The Morgan fingerprint density at radius 1 is 0.962 bits per heavy atom. The molecule has 0 unspecified atom stereocenters. The maximum Gasteiger partial charge on any atom is 0.324 e. The predicted octanol–water partition coefficient (Wildman–Crippen LogP) is 2.95. The van der Waals surface area contributed by atoms with Crippen molar-refractivity contribution in [2.24, 2.45) is 5.10 Å². The first-order chi connectivity index (χ1) is 12.7. The molecule has 0 aliphatic rings. The Kier molecular flexibility index (Phi) is 5.63. The molecule has 3 aromatic rings. The van der Waals surface area contributed by atoms with Crippen LogP contribution >= 0.6 is 11.5 Å². The largest absolute Gasteiger partial charge is 0.324 e. The Labute approximate surface area is 153 Å². The molecular formula is C17H14N6O2S. The van der Waals surface area contributed by atoms with Gasteiger partial charge in [0.1, 0.15) is 0 Å². The smallest absolute Gasteiger partial charge is 0.308 e. The molecule has 2 aromatic carbocycles. The van der Waals surface area contributed by atoms with Crippen LogP contribution in [0.1, 0.15) is 16.1 Å². The summed E-state index contributed by atoms with van der Waals surface area (Å²) in [7, 11) is 0. The molecule has 0 spiro atoms. The number of carbonyl (C=O) groups excluding carboxylic acids is 2. The third kappa shape index (κ3) is 4.71. The molecule has 9 heteroatoms. The highest BCUT2D eigenvalue weighted by Gasteiger charge is 2.18. The van der Waals surface area contributed by atoms with Gasteiger partial charge in [-0.25, -0.2) is 10.2 Å². The number of carbonyl (C=O) groups is 2. The molecule has 130 valence electrons. The van der Waals surface area contributed by atoms with Crippen molar-refractivity contribution in [1.29, 1.82) is 0 Å². The van der Waals surface area contributed by atoms with E-state index in [0.29, 0.717) is 5.69 Å². The normalized spacial score (nSPS) is 10.5. The zero-order valence-corrected chi connectivity index (χ0v) is 14.2. The summed E-state index contributed by atoms with van der Waals surface area (Å²) in [5.41, 5.74) is 3.81. The van der Waals surface area contributed by atoms with Gasteiger partial charge in [0, 0.05) is 17.2 Å². The molecule has 0 fully saturated rings. The summed E-state index contributed by atoms with van der Waals surface area (Å²) < 4.78 is 3.71. The van der Waals surface area contributed by atoms with Gasteiger partial charge < -0.3 is 5.32 Å². The van der Waals surface area contributed by atoms with Crippen LogP contribution in [0.4, 0.5) is 15.5 Å². The van der Waals surface area contributed by atoms with E-state index in [4.69, 9.17) is 0 Å². The second-order valence-electron chi connectivity index (χ2n) is 5.01. The minimum absolute atomic E-state index is 0.0107. The van der Waals surface area contributed by atoms with Crippen molar-refractivity contribution in [2.75, 3.05) is 10.6 Å². The molecule has 0 saturated heterocycles. The predicted molar refractivity (Wildman–Crippen MR) is 100 cm³/mol. The molecule has 0 aliphatic heterocycles. The topological polar surface area (TPSA) is 108 Å². The van der Waals surface area contributed by atoms with Crippen molar-refractivity contribution in [1.82, 2.24) is 15.0 Å². The number of hydrazone groups is 1. The summed E-state index contributed by atoms with van der Waals surface area (Å²) in [5.74, 6) is -0.569. The summed E-state index contributed by atoms with van der Waals surface area (Å²) >= 11 is 0.901. The number of hydrogen-bond donors (Lipinski definition) is 3. The Balaban J connectivity index is 1.59. The summed E-state index contributed by atoms with van der Waals surface area (Å²) in [4.78, 5) is 24.2. The van der Waals surface area contributed by atoms with Crippen LogP contribution < -0.4 is 16.1 Å². The molecule has 3 amide bonds. The molecule has 1 heterocycles. The fourth-order valence-electron chi connectivity index (χ4n) is 1.97. The minimum atomic E-state index is -0.569. The van der Waals surface area contributed by atoms with Gasteiger partial charge in [0.25, 0.3) is 5.91 Å². The van der Waals surface area contributed by atoms with Gasteiger partial charge in [-0.1, -0.05) is 53.0 Å². The van der Waals surface area contributed by atoms with E-state index in [-0.39, 0.29) is 10.7 Å². The molecule has 0 saturated carbocycles. The monoisotopic (exact) mass is 366 g/mol. The van der Waals surface area contributed by atoms with Gasteiger partial charge in [-0.2, -0.15) is 5.10 Å². The van der Waals surface area contributed by atoms with E-state index in [1.54, 1.807) is 24.3 Å². The highest BCUT2D eigenvalue weighted by atomic mass is 32.1. The van der Waals surface area contributed by atoms with Crippen molar-refractivity contribution in [3.63, 3.8) is 0 Å². The lowest BCUT2D eigenvalue weighted by atomic mass is 10.2. The SMILES string of the molecule is O=C(Nc1ccccc1)Nc1snnc1C(=O)NN=Cc1ccccc1. The van der Waals surface area contributed by atoms with Crippen LogP contribution in [0.15, 0.2) is 65.8 Å². The molecule has 1 aromatic heterocycles. The number of rotatable bonds is 5. The second-order valence-corrected chi connectivity index (χ2v) is 5.76. The van der Waals surface area contributed by atoms with Gasteiger partial charge >= 0.3 is 6.03 Å². The van der Waals surface area contributed by atoms with Gasteiger partial charge in [0.2, 0.25) is 0 Å². The molecule has 3 N–H and O–H groups in total. The molecule has 8 nitrogen and oxygen atoms in total. The molecule has 26 heavy (non-hydrogen) atoms. The van der Waals surface area contributed by atoms with Crippen LogP contribution in [0.5, 0.6) is 0 Å².